The van der Waals surface area contributed by atoms with Gasteiger partial charge in [0, 0.05) is 60.3 Å². The molecule has 0 atom stereocenters. The number of nitro benzene ring substituents is 1. The van der Waals surface area contributed by atoms with Crippen LogP contribution >= 0.6 is 0 Å². The minimum atomic E-state index is -3.83. The Labute approximate surface area is 388 Å². The van der Waals surface area contributed by atoms with E-state index >= 15 is 0 Å². The summed E-state index contributed by atoms with van der Waals surface area (Å²) >= 11 is 0. The summed E-state index contributed by atoms with van der Waals surface area (Å²) in [5.41, 5.74) is 10.4. The van der Waals surface area contributed by atoms with Crippen LogP contribution in [-0.4, -0.2) is 86.6 Å². The number of aromatic nitrogens is 3. The number of hydrogen-bond acceptors (Lipinski definition) is 15. The van der Waals surface area contributed by atoms with Crippen molar-refractivity contribution in [2.45, 2.75) is 39.5 Å². The molecule has 1 aromatic heterocycles. The molecule has 2 amide bonds. The van der Waals surface area contributed by atoms with Gasteiger partial charge in [0.25, 0.3) is 25.7 Å². The number of hydrazone groups is 2. The molecule has 0 unspecified atom stereocenters. The number of amidine groups is 2. The molecule has 4 aromatic carbocycles. The number of nitrogens with zero attached hydrogens (tertiary/aromatic N) is 8. The number of aryl methyl sites for hydroxylation is 1. The fourth-order valence-corrected chi connectivity index (χ4v) is 8.15. The Bertz CT molecular complexity index is 2790. The quantitative estimate of drug-likeness (QED) is 0.0443. The van der Waals surface area contributed by atoms with E-state index in [0.717, 1.165) is 43.1 Å². The number of nitrogens with one attached hydrogen (secondary N) is 4. The van der Waals surface area contributed by atoms with Crippen molar-refractivity contribution in [1.29, 1.82) is 0 Å². The SMILES string of the molecule is C=CS(=O)(=O)N(CCCNC(=O)Cc1ccc(-c2ncc(C)nn2)cc1)c1ccc([N+](=O)[O-])cc1.C=CS(=O)(=O)N(CCCNC(=O)Cc1ccc(C2=NNC(C)=NN2)cc1)c1ccccc1. The standard InChI is InChI=1S/C23H24N6O5S.C22H26N6O3S/c1-3-35(33,34)28(20-9-11-21(12-10-20)29(31)32)14-4-13-24-22(30)15-18-5-7-19(8-6-18)23-25-16-17(2)26-27-23;1-3-32(30,31)28(20-8-5-4-6-9-20)15-7-14-23-21(29)16-18-10-12-19(13-11-18)22-26-24-17(2)25-27-22/h3,5-12,16H,1,4,13-15H2,2H3,(H,24,30);3-6,8-13H,1,7,14-16H2,2H3,(H,23,29)(H,24,25)(H,26,27). The zero-order valence-corrected chi connectivity index (χ0v) is 38.4. The number of non-ortho nitro benzene ring substituents is 1. The average molecular weight is 951 g/mol. The van der Waals surface area contributed by atoms with Gasteiger partial charge in [-0.05, 0) is 62.1 Å². The maximum atomic E-state index is 12.4. The Morgan fingerprint density at radius 2 is 1.19 bits per heavy atom. The van der Waals surface area contributed by atoms with E-state index in [1.807, 2.05) is 54.6 Å². The lowest BCUT2D eigenvalue weighted by atomic mass is 10.1. The number of rotatable bonds is 21. The summed E-state index contributed by atoms with van der Waals surface area (Å²) < 4.78 is 51.8. The van der Waals surface area contributed by atoms with Gasteiger partial charge in [0.05, 0.1) is 41.0 Å². The summed E-state index contributed by atoms with van der Waals surface area (Å²) in [4.78, 5) is 39.1. The molecule has 350 valence electrons. The van der Waals surface area contributed by atoms with E-state index in [4.69, 9.17) is 0 Å². The van der Waals surface area contributed by atoms with Crippen LogP contribution in [0.25, 0.3) is 11.4 Å². The molecule has 0 aliphatic carbocycles. The van der Waals surface area contributed by atoms with Gasteiger partial charge in [0.1, 0.15) is 5.84 Å². The van der Waals surface area contributed by atoms with Crippen LogP contribution in [0.15, 0.2) is 144 Å². The lowest BCUT2D eigenvalue weighted by Crippen LogP contribution is -2.33. The monoisotopic (exact) mass is 950 g/mol. The third kappa shape index (κ3) is 15.1. The van der Waals surface area contributed by atoms with E-state index < -0.39 is 25.0 Å². The number of nitro groups is 1. The molecule has 22 heteroatoms. The van der Waals surface area contributed by atoms with E-state index in [1.54, 1.807) is 44.3 Å². The predicted molar refractivity (Wildman–Crippen MR) is 257 cm³/mol. The van der Waals surface area contributed by atoms with Gasteiger partial charge in [-0.1, -0.05) is 79.9 Å². The molecule has 0 fully saturated rings. The molecule has 0 saturated carbocycles. The molecule has 0 spiro atoms. The first kappa shape index (κ1) is 50.2. The Balaban J connectivity index is 0.000000252. The molecular weight excluding hydrogens is 901 g/mol. The highest BCUT2D eigenvalue weighted by Gasteiger charge is 2.21. The lowest BCUT2D eigenvalue weighted by Gasteiger charge is -2.22. The number of hydrogen-bond donors (Lipinski definition) is 4. The third-order valence-electron chi connectivity index (χ3n) is 9.65. The number of benzene rings is 4. The van der Waals surface area contributed by atoms with Crippen molar-refractivity contribution in [2.24, 2.45) is 10.2 Å². The van der Waals surface area contributed by atoms with Gasteiger partial charge in [0.2, 0.25) is 11.8 Å². The largest absolute Gasteiger partial charge is 0.356 e. The Hall–Kier alpha value is -7.85. The van der Waals surface area contributed by atoms with E-state index in [-0.39, 0.29) is 55.7 Å². The van der Waals surface area contributed by atoms with Gasteiger partial charge in [-0.2, -0.15) is 15.3 Å². The Morgan fingerprint density at radius 1 is 0.687 bits per heavy atom. The van der Waals surface area contributed by atoms with Crippen molar-refractivity contribution in [3.8, 4) is 11.4 Å². The summed E-state index contributed by atoms with van der Waals surface area (Å²) in [7, 11) is -7.45. The van der Waals surface area contributed by atoms with Crippen LogP contribution in [-0.2, 0) is 42.5 Å². The molecule has 4 N–H and O–H groups in total. The summed E-state index contributed by atoms with van der Waals surface area (Å²) in [6.07, 6.45) is 2.80. The Morgan fingerprint density at radius 3 is 1.64 bits per heavy atom. The zero-order chi connectivity index (χ0) is 48.4. The van der Waals surface area contributed by atoms with Crippen LogP contribution in [0.4, 0.5) is 17.1 Å². The minimum Gasteiger partial charge on any atom is -0.356 e. The maximum Gasteiger partial charge on any atom is 0.269 e. The molecule has 20 nitrogen and oxygen atoms in total. The molecule has 6 rings (SSSR count). The van der Waals surface area contributed by atoms with Gasteiger partial charge in [-0.25, -0.2) is 21.8 Å². The van der Waals surface area contributed by atoms with Crippen molar-refractivity contribution >= 4 is 60.6 Å². The maximum absolute atomic E-state index is 12.4. The summed E-state index contributed by atoms with van der Waals surface area (Å²) in [6, 6.07) is 28.7. The topological polar surface area (TPSA) is 264 Å². The minimum absolute atomic E-state index is 0.0612. The molecule has 2 heterocycles. The number of carbonyl (C=O) groups excluding carboxylic acids is 2. The van der Waals surface area contributed by atoms with Gasteiger partial charge < -0.3 is 10.6 Å². The first-order chi connectivity index (χ1) is 32.1. The summed E-state index contributed by atoms with van der Waals surface area (Å²) in [5, 5.41) is 34.5. The van der Waals surface area contributed by atoms with Crippen molar-refractivity contribution in [3.05, 3.63) is 166 Å². The second-order valence-electron chi connectivity index (χ2n) is 14.6. The normalized spacial score (nSPS) is 12.0. The molecule has 1 aliphatic rings. The van der Waals surface area contributed by atoms with Gasteiger partial charge in [-0.15, -0.1) is 5.10 Å². The van der Waals surface area contributed by atoms with Crippen LogP contribution in [0.1, 0.15) is 42.1 Å². The van der Waals surface area contributed by atoms with E-state index in [2.05, 4.69) is 60.0 Å². The molecular formula is C45H50N12O8S2. The second-order valence-corrected chi connectivity index (χ2v) is 18.2. The molecule has 67 heavy (non-hydrogen) atoms. The second kappa shape index (κ2) is 23.9. The van der Waals surface area contributed by atoms with E-state index in [9.17, 15) is 36.5 Å². The van der Waals surface area contributed by atoms with Crippen molar-refractivity contribution in [2.75, 3.05) is 34.8 Å². The number of anilines is 2. The predicted octanol–water partition coefficient (Wildman–Crippen LogP) is 4.69. The van der Waals surface area contributed by atoms with Crippen LogP contribution < -0.4 is 30.1 Å². The summed E-state index contributed by atoms with van der Waals surface area (Å²) in [5.74, 6) is 1.43. The van der Waals surface area contributed by atoms with Crippen molar-refractivity contribution in [3.63, 3.8) is 0 Å². The Kier molecular flexibility index (Phi) is 17.9. The molecule has 1 aliphatic heterocycles. The van der Waals surface area contributed by atoms with E-state index in [0.29, 0.717) is 42.6 Å². The van der Waals surface area contributed by atoms with Crippen LogP contribution in [0.5, 0.6) is 0 Å². The molecule has 0 radical (unpaired) electrons. The summed E-state index contributed by atoms with van der Waals surface area (Å²) in [6.45, 7) is 11.2. The zero-order valence-electron chi connectivity index (χ0n) is 36.8. The first-order valence-electron chi connectivity index (χ1n) is 20.7. The smallest absolute Gasteiger partial charge is 0.269 e. The highest BCUT2D eigenvalue weighted by atomic mass is 32.2. The molecule has 5 aromatic rings. The highest BCUT2D eigenvalue weighted by molar-refractivity contribution is 7.95. The van der Waals surface area contributed by atoms with Gasteiger partial charge >= 0.3 is 0 Å². The van der Waals surface area contributed by atoms with Crippen molar-refractivity contribution in [1.82, 2.24) is 36.7 Å². The molecule has 0 bridgehead atoms. The number of para-hydroxylation sites is 1. The fraction of sp³-hybridized carbons (Fsp3) is 0.222. The highest BCUT2D eigenvalue weighted by Crippen LogP contribution is 2.23. The van der Waals surface area contributed by atoms with Crippen molar-refractivity contribution < 1.29 is 31.3 Å². The third-order valence-corrected chi connectivity index (χ3v) is 12.5. The average Bonchev–Trinajstić information content (AvgIpc) is 3.33. The number of carbonyl (C=O) groups is 2. The lowest BCUT2D eigenvalue weighted by molar-refractivity contribution is -0.384. The van der Waals surface area contributed by atoms with Gasteiger partial charge in [0.15, 0.2) is 11.7 Å². The van der Waals surface area contributed by atoms with Crippen LogP contribution in [0.3, 0.4) is 0 Å². The van der Waals surface area contributed by atoms with E-state index in [1.165, 1.54) is 28.6 Å². The van der Waals surface area contributed by atoms with Crippen LogP contribution in [0, 0.1) is 17.0 Å². The first-order valence-corrected chi connectivity index (χ1v) is 23.7. The molecule has 0 saturated heterocycles. The fourth-order valence-electron chi connectivity index (χ4n) is 6.19. The number of amides is 2. The number of sulfonamides is 2. The van der Waals surface area contributed by atoms with Gasteiger partial charge in [-0.3, -0.25) is 39.2 Å². The van der Waals surface area contributed by atoms with Crippen LogP contribution in [0.2, 0.25) is 0 Å².